The van der Waals surface area contributed by atoms with Gasteiger partial charge in [-0.3, -0.25) is 0 Å². The molecule has 1 atom stereocenters. The number of hydrogen-bond donors (Lipinski definition) is 0. The minimum absolute atomic E-state index is 0.859. The van der Waals surface area contributed by atoms with Gasteiger partial charge in [-0.2, -0.15) is 0 Å². The van der Waals surface area contributed by atoms with E-state index >= 15 is 0 Å². The standard InChI is InChI=1S/C11H16N2/c1-3-9-4-5-11-10(6-9)8(2)12-7-13-11/h7,9H,3-6H2,1-2H3. The van der Waals surface area contributed by atoms with Crippen molar-refractivity contribution in [3.05, 3.63) is 23.3 Å². The van der Waals surface area contributed by atoms with Gasteiger partial charge in [-0.25, -0.2) is 9.97 Å². The van der Waals surface area contributed by atoms with Crippen molar-refractivity contribution in [1.29, 1.82) is 0 Å². The van der Waals surface area contributed by atoms with Crippen molar-refractivity contribution in [2.45, 2.75) is 39.5 Å². The highest BCUT2D eigenvalue weighted by Gasteiger charge is 2.19. The second kappa shape index (κ2) is 3.44. The molecule has 0 aromatic carbocycles. The lowest BCUT2D eigenvalue weighted by Crippen LogP contribution is -2.16. The van der Waals surface area contributed by atoms with Gasteiger partial charge < -0.3 is 0 Å². The van der Waals surface area contributed by atoms with Crippen molar-refractivity contribution >= 4 is 0 Å². The number of rotatable bonds is 1. The fourth-order valence-electron chi connectivity index (χ4n) is 2.11. The summed E-state index contributed by atoms with van der Waals surface area (Å²) in [6, 6.07) is 0. The zero-order chi connectivity index (χ0) is 9.26. The Kier molecular flexibility index (Phi) is 2.30. The van der Waals surface area contributed by atoms with E-state index in [2.05, 4.69) is 23.8 Å². The highest BCUT2D eigenvalue weighted by Crippen LogP contribution is 2.26. The van der Waals surface area contributed by atoms with Crippen LogP contribution in [0.5, 0.6) is 0 Å². The maximum absolute atomic E-state index is 4.34. The normalized spacial score (nSPS) is 21.2. The third-order valence-corrected chi connectivity index (χ3v) is 3.11. The molecule has 0 saturated carbocycles. The molecule has 1 aromatic heterocycles. The molecule has 1 aromatic rings. The maximum Gasteiger partial charge on any atom is 0.115 e. The Balaban J connectivity index is 2.32. The zero-order valence-electron chi connectivity index (χ0n) is 8.38. The topological polar surface area (TPSA) is 25.8 Å². The van der Waals surface area contributed by atoms with E-state index in [0.717, 1.165) is 12.3 Å². The molecule has 70 valence electrons. The first-order valence-corrected chi connectivity index (χ1v) is 5.10. The summed E-state index contributed by atoms with van der Waals surface area (Å²) in [5.41, 5.74) is 3.89. The van der Waals surface area contributed by atoms with Crippen LogP contribution < -0.4 is 0 Å². The van der Waals surface area contributed by atoms with E-state index < -0.39 is 0 Å². The van der Waals surface area contributed by atoms with Crippen molar-refractivity contribution in [2.75, 3.05) is 0 Å². The Morgan fingerprint density at radius 3 is 3.08 bits per heavy atom. The highest BCUT2D eigenvalue weighted by atomic mass is 14.8. The molecule has 0 saturated heterocycles. The maximum atomic E-state index is 4.34. The third-order valence-electron chi connectivity index (χ3n) is 3.11. The predicted octanol–water partition coefficient (Wildman–Crippen LogP) is 2.30. The SMILES string of the molecule is CCC1CCc2ncnc(C)c2C1. The van der Waals surface area contributed by atoms with E-state index in [9.17, 15) is 0 Å². The quantitative estimate of drug-likeness (QED) is 0.656. The van der Waals surface area contributed by atoms with Gasteiger partial charge in [0.2, 0.25) is 0 Å². The molecule has 1 heterocycles. The van der Waals surface area contributed by atoms with E-state index in [4.69, 9.17) is 0 Å². The summed E-state index contributed by atoms with van der Waals surface area (Å²) in [6.07, 6.45) is 6.63. The molecular formula is C11H16N2. The zero-order valence-corrected chi connectivity index (χ0v) is 8.38. The summed E-state index contributed by atoms with van der Waals surface area (Å²) in [5, 5.41) is 0. The lowest BCUT2D eigenvalue weighted by molar-refractivity contribution is 0.436. The number of nitrogens with zero attached hydrogens (tertiary/aromatic N) is 2. The van der Waals surface area contributed by atoms with E-state index in [-0.39, 0.29) is 0 Å². The Labute approximate surface area is 79.4 Å². The van der Waals surface area contributed by atoms with Crippen LogP contribution in [0.15, 0.2) is 6.33 Å². The minimum atomic E-state index is 0.859. The van der Waals surface area contributed by atoms with E-state index in [1.165, 1.54) is 36.2 Å². The molecule has 0 spiro atoms. The summed E-state index contributed by atoms with van der Waals surface area (Å²) < 4.78 is 0. The van der Waals surface area contributed by atoms with Crippen LogP contribution in [0.3, 0.4) is 0 Å². The van der Waals surface area contributed by atoms with Crippen LogP contribution in [0.1, 0.15) is 36.7 Å². The molecule has 2 heteroatoms. The molecule has 0 radical (unpaired) electrons. The van der Waals surface area contributed by atoms with Crippen LogP contribution in [0, 0.1) is 12.8 Å². The number of hydrogen-bond acceptors (Lipinski definition) is 2. The molecule has 1 unspecified atom stereocenters. The van der Waals surface area contributed by atoms with Gasteiger partial charge in [0.1, 0.15) is 6.33 Å². The Bertz CT molecular complexity index is 307. The van der Waals surface area contributed by atoms with Crippen molar-refractivity contribution in [1.82, 2.24) is 9.97 Å². The smallest absolute Gasteiger partial charge is 0.115 e. The molecule has 0 N–H and O–H groups in total. The Hall–Kier alpha value is -0.920. The van der Waals surface area contributed by atoms with Crippen molar-refractivity contribution in [3.63, 3.8) is 0 Å². The first-order chi connectivity index (χ1) is 6.31. The Morgan fingerprint density at radius 1 is 1.46 bits per heavy atom. The van der Waals surface area contributed by atoms with Gasteiger partial charge in [0, 0.05) is 11.4 Å². The minimum Gasteiger partial charge on any atom is -0.241 e. The molecule has 13 heavy (non-hydrogen) atoms. The van der Waals surface area contributed by atoms with Crippen LogP contribution in [0.25, 0.3) is 0 Å². The number of aromatic nitrogens is 2. The monoisotopic (exact) mass is 176 g/mol. The van der Waals surface area contributed by atoms with Crippen LogP contribution in [0.2, 0.25) is 0 Å². The van der Waals surface area contributed by atoms with Gasteiger partial charge in [-0.15, -0.1) is 0 Å². The van der Waals surface area contributed by atoms with Crippen LogP contribution in [0.4, 0.5) is 0 Å². The average molecular weight is 176 g/mol. The van der Waals surface area contributed by atoms with E-state index in [1.54, 1.807) is 6.33 Å². The van der Waals surface area contributed by atoms with Crippen LogP contribution >= 0.6 is 0 Å². The molecule has 2 rings (SSSR count). The number of fused-ring (bicyclic) bond motifs is 1. The van der Waals surface area contributed by atoms with Crippen molar-refractivity contribution in [3.8, 4) is 0 Å². The fourth-order valence-corrected chi connectivity index (χ4v) is 2.11. The summed E-state index contributed by atoms with van der Waals surface area (Å²) in [7, 11) is 0. The summed E-state index contributed by atoms with van der Waals surface area (Å²) in [6.45, 7) is 4.37. The molecule has 1 aliphatic rings. The second-order valence-corrected chi connectivity index (χ2v) is 3.90. The lowest BCUT2D eigenvalue weighted by Gasteiger charge is -2.23. The molecule has 0 aliphatic heterocycles. The summed E-state index contributed by atoms with van der Waals surface area (Å²) in [5.74, 6) is 0.859. The fraction of sp³-hybridized carbons (Fsp3) is 0.636. The second-order valence-electron chi connectivity index (χ2n) is 3.90. The Morgan fingerprint density at radius 2 is 2.31 bits per heavy atom. The van der Waals surface area contributed by atoms with Crippen molar-refractivity contribution < 1.29 is 0 Å². The molecule has 0 amide bonds. The molecular weight excluding hydrogens is 160 g/mol. The van der Waals surface area contributed by atoms with Crippen molar-refractivity contribution in [2.24, 2.45) is 5.92 Å². The van der Waals surface area contributed by atoms with Gasteiger partial charge >= 0.3 is 0 Å². The van der Waals surface area contributed by atoms with E-state index in [1.807, 2.05) is 0 Å². The largest absolute Gasteiger partial charge is 0.241 e. The van der Waals surface area contributed by atoms with Gasteiger partial charge in [-0.1, -0.05) is 13.3 Å². The average Bonchev–Trinajstić information content (AvgIpc) is 2.18. The first-order valence-electron chi connectivity index (χ1n) is 5.10. The van der Waals surface area contributed by atoms with E-state index in [0.29, 0.717) is 0 Å². The van der Waals surface area contributed by atoms with Crippen LogP contribution in [-0.2, 0) is 12.8 Å². The summed E-state index contributed by atoms with van der Waals surface area (Å²) in [4.78, 5) is 8.59. The molecule has 0 bridgehead atoms. The predicted molar refractivity (Wildman–Crippen MR) is 52.6 cm³/mol. The molecule has 1 aliphatic carbocycles. The first kappa shape index (κ1) is 8.67. The van der Waals surface area contributed by atoms with Gasteiger partial charge in [0.25, 0.3) is 0 Å². The van der Waals surface area contributed by atoms with Gasteiger partial charge in [0.05, 0.1) is 0 Å². The summed E-state index contributed by atoms with van der Waals surface area (Å²) >= 11 is 0. The highest BCUT2D eigenvalue weighted by molar-refractivity contribution is 5.26. The molecule has 0 fully saturated rings. The molecule has 2 nitrogen and oxygen atoms in total. The lowest BCUT2D eigenvalue weighted by atomic mass is 9.84. The van der Waals surface area contributed by atoms with Gasteiger partial charge in [-0.05, 0) is 37.7 Å². The number of aryl methyl sites for hydroxylation is 2. The van der Waals surface area contributed by atoms with Crippen LogP contribution in [-0.4, -0.2) is 9.97 Å². The third kappa shape index (κ3) is 1.58. The van der Waals surface area contributed by atoms with Gasteiger partial charge in [0.15, 0.2) is 0 Å².